The van der Waals surface area contributed by atoms with Gasteiger partial charge < -0.3 is 20.0 Å². The molecule has 9 nitrogen and oxygen atoms in total. The molecular formula is C30H39N7O2. The van der Waals surface area contributed by atoms with Crippen LogP contribution in [0.1, 0.15) is 50.1 Å². The third-order valence-electron chi connectivity index (χ3n) is 8.74. The molecule has 3 saturated heterocycles. The van der Waals surface area contributed by atoms with Gasteiger partial charge in [0, 0.05) is 55.4 Å². The number of benzene rings is 1. The summed E-state index contributed by atoms with van der Waals surface area (Å²) < 4.78 is 1.94. The average molecular weight is 530 g/mol. The van der Waals surface area contributed by atoms with Gasteiger partial charge in [-0.15, -0.1) is 0 Å². The Morgan fingerprint density at radius 1 is 0.923 bits per heavy atom. The van der Waals surface area contributed by atoms with E-state index in [-0.39, 0.29) is 23.7 Å². The number of aryl methyl sites for hydroxylation is 1. The molecule has 1 N–H and O–H groups in total. The summed E-state index contributed by atoms with van der Waals surface area (Å²) in [6.45, 7) is 7.20. The number of rotatable bonds is 4. The molecule has 0 bridgehead atoms. The van der Waals surface area contributed by atoms with Crippen molar-refractivity contribution >= 4 is 23.0 Å². The fourth-order valence-electron chi connectivity index (χ4n) is 6.36. The highest BCUT2D eigenvalue weighted by Gasteiger charge is 2.29. The van der Waals surface area contributed by atoms with E-state index in [1.807, 2.05) is 57.8 Å². The highest BCUT2D eigenvalue weighted by molar-refractivity contribution is 5.82. The molecule has 2 aromatic heterocycles. The predicted molar refractivity (Wildman–Crippen MR) is 154 cm³/mol. The smallest absolute Gasteiger partial charge is 0.319 e. The van der Waals surface area contributed by atoms with E-state index < -0.39 is 0 Å². The van der Waals surface area contributed by atoms with Crippen LogP contribution in [-0.2, 0) is 0 Å². The first-order chi connectivity index (χ1) is 19.0. The molecule has 0 radical (unpaired) electrons. The van der Waals surface area contributed by atoms with Crippen LogP contribution < -0.4 is 10.9 Å². The van der Waals surface area contributed by atoms with E-state index in [0.29, 0.717) is 17.2 Å². The SMILES string of the molecule is Cc1ccccc1-c1cc2cnc(NC3CCN(C(=O)N4CCCC4)CC3)nc2n(C2CCN(C)CC2)c1=O. The van der Waals surface area contributed by atoms with Gasteiger partial charge in [0.1, 0.15) is 5.65 Å². The second-order valence-electron chi connectivity index (χ2n) is 11.4. The maximum atomic E-state index is 14.1. The molecule has 9 heteroatoms. The van der Waals surface area contributed by atoms with Crippen molar-refractivity contribution in [2.45, 2.75) is 57.5 Å². The molecule has 3 aliphatic rings. The Balaban J connectivity index is 1.28. The number of aromatic nitrogens is 3. The van der Waals surface area contributed by atoms with Gasteiger partial charge in [0.15, 0.2) is 0 Å². The maximum absolute atomic E-state index is 14.1. The van der Waals surface area contributed by atoms with Gasteiger partial charge in [-0.3, -0.25) is 9.36 Å². The summed E-state index contributed by atoms with van der Waals surface area (Å²) in [5, 5.41) is 4.39. The summed E-state index contributed by atoms with van der Waals surface area (Å²) in [6, 6.07) is 10.5. The minimum atomic E-state index is 0.0183. The number of hydrogen-bond acceptors (Lipinski definition) is 6. The van der Waals surface area contributed by atoms with Crippen molar-refractivity contribution in [3.8, 4) is 11.1 Å². The van der Waals surface area contributed by atoms with Gasteiger partial charge >= 0.3 is 6.03 Å². The molecule has 0 saturated carbocycles. The molecule has 206 valence electrons. The summed E-state index contributed by atoms with van der Waals surface area (Å²) in [7, 11) is 2.13. The van der Waals surface area contributed by atoms with E-state index in [1.165, 1.54) is 0 Å². The van der Waals surface area contributed by atoms with E-state index in [4.69, 9.17) is 4.98 Å². The summed E-state index contributed by atoms with van der Waals surface area (Å²) in [6.07, 6.45) is 7.61. The number of fused-ring (bicyclic) bond motifs is 1. The molecule has 3 aromatic rings. The van der Waals surface area contributed by atoms with Crippen LogP contribution in [0.3, 0.4) is 0 Å². The lowest BCUT2D eigenvalue weighted by Gasteiger charge is -2.34. The Labute approximate surface area is 229 Å². The summed E-state index contributed by atoms with van der Waals surface area (Å²) in [5.41, 5.74) is 3.47. The molecule has 3 fully saturated rings. The van der Waals surface area contributed by atoms with Gasteiger partial charge in [0.05, 0.1) is 0 Å². The van der Waals surface area contributed by atoms with Gasteiger partial charge in [0.2, 0.25) is 5.95 Å². The van der Waals surface area contributed by atoms with Crippen molar-refractivity contribution in [3.05, 3.63) is 52.4 Å². The lowest BCUT2D eigenvalue weighted by atomic mass is 9.99. The molecule has 0 atom stereocenters. The minimum absolute atomic E-state index is 0.0183. The molecule has 0 unspecified atom stereocenters. The van der Waals surface area contributed by atoms with Crippen molar-refractivity contribution in [2.75, 3.05) is 51.6 Å². The van der Waals surface area contributed by atoms with Crippen molar-refractivity contribution in [3.63, 3.8) is 0 Å². The molecule has 6 rings (SSSR count). The van der Waals surface area contributed by atoms with Crippen molar-refractivity contribution < 1.29 is 4.79 Å². The lowest BCUT2D eigenvalue weighted by Crippen LogP contribution is -2.47. The van der Waals surface area contributed by atoms with Crippen LogP contribution in [0.4, 0.5) is 10.7 Å². The first-order valence-electron chi connectivity index (χ1n) is 14.4. The normalized spacial score (nSPS) is 19.6. The molecule has 39 heavy (non-hydrogen) atoms. The molecule has 1 aromatic carbocycles. The highest BCUT2D eigenvalue weighted by Crippen LogP contribution is 2.29. The number of carbonyl (C=O) groups excluding carboxylic acids is 1. The highest BCUT2D eigenvalue weighted by atomic mass is 16.2. The lowest BCUT2D eigenvalue weighted by molar-refractivity contribution is 0.150. The van der Waals surface area contributed by atoms with E-state index in [0.717, 1.165) is 94.3 Å². The Morgan fingerprint density at radius 3 is 2.33 bits per heavy atom. The molecule has 0 spiro atoms. The third kappa shape index (κ3) is 5.24. The fraction of sp³-hybridized carbons (Fsp3) is 0.533. The number of carbonyl (C=O) groups is 1. The molecule has 2 amide bonds. The Morgan fingerprint density at radius 2 is 1.62 bits per heavy atom. The number of urea groups is 1. The zero-order chi connectivity index (χ0) is 26.9. The number of anilines is 1. The van der Waals surface area contributed by atoms with E-state index in [2.05, 4.69) is 22.2 Å². The molecular weight excluding hydrogens is 490 g/mol. The molecule has 0 aliphatic carbocycles. The summed E-state index contributed by atoms with van der Waals surface area (Å²) >= 11 is 0. The van der Waals surface area contributed by atoms with Crippen LogP contribution in [0.2, 0.25) is 0 Å². The summed E-state index contributed by atoms with van der Waals surface area (Å²) in [5.74, 6) is 0.552. The van der Waals surface area contributed by atoms with Crippen LogP contribution in [0.5, 0.6) is 0 Å². The van der Waals surface area contributed by atoms with E-state index in [9.17, 15) is 9.59 Å². The van der Waals surface area contributed by atoms with E-state index >= 15 is 0 Å². The van der Waals surface area contributed by atoms with Gasteiger partial charge in [-0.1, -0.05) is 24.3 Å². The first-order valence-corrected chi connectivity index (χ1v) is 14.4. The third-order valence-corrected chi connectivity index (χ3v) is 8.74. The number of amides is 2. The Kier molecular flexibility index (Phi) is 7.25. The van der Waals surface area contributed by atoms with Crippen molar-refractivity contribution in [2.24, 2.45) is 0 Å². The van der Waals surface area contributed by atoms with Gasteiger partial charge in [-0.05, 0) is 82.8 Å². The van der Waals surface area contributed by atoms with Crippen molar-refractivity contribution in [1.82, 2.24) is 29.2 Å². The second-order valence-corrected chi connectivity index (χ2v) is 11.4. The van der Waals surface area contributed by atoms with Gasteiger partial charge in [-0.25, -0.2) is 9.78 Å². The summed E-state index contributed by atoms with van der Waals surface area (Å²) in [4.78, 5) is 42.7. The van der Waals surface area contributed by atoms with Crippen LogP contribution in [0.15, 0.2) is 41.3 Å². The quantitative estimate of drug-likeness (QED) is 0.547. The van der Waals surface area contributed by atoms with E-state index in [1.54, 1.807) is 0 Å². The van der Waals surface area contributed by atoms with Gasteiger partial charge in [0.25, 0.3) is 5.56 Å². The van der Waals surface area contributed by atoms with Crippen LogP contribution in [0, 0.1) is 6.92 Å². The predicted octanol–water partition coefficient (Wildman–Crippen LogP) is 4.13. The standard InChI is InChI=1S/C30H39N7O2/c1-21-7-3-4-8-25(21)26-19-22-20-31-29(33-27(22)37(28(26)38)24-11-15-34(2)16-12-24)32-23-9-17-36(18-10-23)30(39)35-13-5-6-14-35/h3-4,7-8,19-20,23-24H,5-6,9-18H2,1-2H3,(H,31,32,33). The monoisotopic (exact) mass is 529 g/mol. The van der Waals surface area contributed by atoms with Crippen LogP contribution >= 0.6 is 0 Å². The maximum Gasteiger partial charge on any atom is 0.319 e. The second kappa shape index (κ2) is 11.0. The van der Waals surface area contributed by atoms with Crippen LogP contribution in [0.25, 0.3) is 22.2 Å². The fourth-order valence-corrected chi connectivity index (χ4v) is 6.36. The zero-order valence-electron chi connectivity index (χ0n) is 23.1. The first kappa shape index (κ1) is 25.8. The number of likely N-dealkylation sites (tertiary alicyclic amines) is 3. The van der Waals surface area contributed by atoms with Crippen LogP contribution in [-0.4, -0.2) is 87.6 Å². The Bertz CT molecular complexity index is 1400. The van der Waals surface area contributed by atoms with Crippen molar-refractivity contribution in [1.29, 1.82) is 0 Å². The number of nitrogens with one attached hydrogen (secondary N) is 1. The number of hydrogen-bond donors (Lipinski definition) is 1. The minimum Gasteiger partial charge on any atom is -0.351 e. The topological polar surface area (TPSA) is 86.6 Å². The van der Waals surface area contributed by atoms with Gasteiger partial charge in [-0.2, -0.15) is 4.98 Å². The number of piperidine rings is 2. The molecule has 3 aliphatic heterocycles. The largest absolute Gasteiger partial charge is 0.351 e. The Hall–Kier alpha value is -3.46. The average Bonchev–Trinajstić information content (AvgIpc) is 3.49. The zero-order valence-corrected chi connectivity index (χ0v) is 23.1. The number of pyridine rings is 1. The molecule has 5 heterocycles. The number of nitrogens with zero attached hydrogens (tertiary/aromatic N) is 6.